The van der Waals surface area contributed by atoms with E-state index in [4.69, 9.17) is 0 Å². The lowest BCUT2D eigenvalue weighted by Crippen LogP contribution is -2.15. The first-order valence-corrected chi connectivity index (χ1v) is 7.94. The highest BCUT2D eigenvalue weighted by Gasteiger charge is 2.11. The molecule has 1 atom stereocenters. The van der Waals surface area contributed by atoms with Crippen molar-refractivity contribution in [1.82, 2.24) is 15.1 Å². The van der Waals surface area contributed by atoms with E-state index in [9.17, 15) is 0 Å². The maximum absolute atomic E-state index is 4.57. The number of nitrogens with one attached hydrogen (secondary N) is 1. The second-order valence-electron chi connectivity index (χ2n) is 5.53. The zero-order valence-corrected chi connectivity index (χ0v) is 13.2. The third-order valence-corrected chi connectivity index (χ3v) is 3.92. The summed E-state index contributed by atoms with van der Waals surface area (Å²) in [5, 5.41) is 8.02. The number of rotatable bonds is 10. The van der Waals surface area contributed by atoms with E-state index < -0.39 is 0 Å². The number of nitrogens with zero attached hydrogens (tertiary/aromatic N) is 2. The molecule has 19 heavy (non-hydrogen) atoms. The minimum atomic E-state index is 0.773. The first-order valence-electron chi connectivity index (χ1n) is 7.94. The van der Waals surface area contributed by atoms with E-state index in [0.29, 0.717) is 0 Å². The first kappa shape index (κ1) is 16.2. The Morgan fingerprint density at radius 3 is 2.68 bits per heavy atom. The van der Waals surface area contributed by atoms with Crippen molar-refractivity contribution >= 4 is 0 Å². The van der Waals surface area contributed by atoms with Gasteiger partial charge in [-0.1, -0.05) is 40.0 Å². The second-order valence-corrected chi connectivity index (χ2v) is 5.53. The van der Waals surface area contributed by atoms with E-state index in [-0.39, 0.29) is 0 Å². The molecule has 0 saturated carbocycles. The molecule has 0 amide bonds. The fourth-order valence-corrected chi connectivity index (χ4v) is 2.40. The van der Waals surface area contributed by atoms with Gasteiger partial charge in [0.1, 0.15) is 0 Å². The molecule has 1 unspecified atom stereocenters. The van der Waals surface area contributed by atoms with Crippen molar-refractivity contribution in [2.75, 3.05) is 6.54 Å². The van der Waals surface area contributed by atoms with E-state index in [2.05, 4.69) is 42.8 Å². The predicted octanol–water partition coefficient (Wildman–Crippen LogP) is 3.91. The average Bonchev–Trinajstić information content (AvgIpc) is 2.76. The van der Waals surface area contributed by atoms with E-state index in [1.165, 1.54) is 43.4 Å². The molecule has 0 fully saturated rings. The van der Waals surface area contributed by atoms with Gasteiger partial charge in [-0.2, -0.15) is 5.10 Å². The fraction of sp³-hybridized carbons (Fsp3) is 0.812. The lowest BCUT2D eigenvalue weighted by atomic mass is 9.99. The summed E-state index contributed by atoms with van der Waals surface area (Å²) in [5.41, 5.74) is 2.68. The summed E-state index contributed by atoms with van der Waals surface area (Å²) in [5.74, 6) is 0.773. The van der Waals surface area contributed by atoms with Crippen molar-refractivity contribution in [2.24, 2.45) is 5.92 Å². The molecule has 1 heterocycles. The largest absolute Gasteiger partial charge is 0.313 e. The predicted molar refractivity (Wildman–Crippen MR) is 82.3 cm³/mol. The van der Waals surface area contributed by atoms with Gasteiger partial charge in [0.05, 0.1) is 6.20 Å². The molecule has 0 aliphatic carbocycles. The molecule has 1 aromatic heterocycles. The summed E-state index contributed by atoms with van der Waals surface area (Å²) in [4.78, 5) is 0. The fourth-order valence-electron chi connectivity index (χ4n) is 2.40. The molecule has 1 N–H and O–H groups in total. The molecule has 110 valence electrons. The lowest BCUT2D eigenvalue weighted by Gasteiger charge is -2.15. The van der Waals surface area contributed by atoms with Gasteiger partial charge in [-0.05, 0) is 32.2 Å². The van der Waals surface area contributed by atoms with Gasteiger partial charge in [-0.25, -0.2) is 0 Å². The molecular formula is C16H31N3. The maximum Gasteiger partial charge on any atom is 0.0537 e. The van der Waals surface area contributed by atoms with Gasteiger partial charge in [0.2, 0.25) is 0 Å². The second kappa shape index (κ2) is 9.13. The topological polar surface area (TPSA) is 29.9 Å². The van der Waals surface area contributed by atoms with Crippen molar-refractivity contribution in [1.29, 1.82) is 0 Å². The zero-order valence-electron chi connectivity index (χ0n) is 13.2. The normalized spacial score (nSPS) is 12.8. The van der Waals surface area contributed by atoms with Crippen molar-refractivity contribution in [3.8, 4) is 0 Å². The van der Waals surface area contributed by atoms with Crippen LogP contribution in [-0.2, 0) is 13.1 Å². The van der Waals surface area contributed by atoms with Crippen LogP contribution in [-0.4, -0.2) is 16.3 Å². The van der Waals surface area contributed by atoms with Gasteiger partial charge >= 0.3 is 0 Å². The molecule has 3 heteroatoms. The third-order valence-electron chi connectivity index (χ3n) is 3.92. The van der Waals surface area contributed by atoms with E-state index in [1.807, 2.05) is 6.20 Å². The quantitative estimate of drug-likeness (QED) is 0.650. The van der Waals surface area contributed by atoms with Gasteiger partial charge in [-0.15, -0.1) is 0 Å². The molecule has 0 aliphatic rings. The Bertz CT molecular complexity index is 344. The maximum atomic E-state index is 4.57. The Morgan fingerprint density at radius 2 is 2.05 bits per heavy atom. The summed E-state index contributed by atoms with van der Waals surface area (Å²) in [6, 6.07) is 0. The van der Waals surface area contributed by atoms with Crippen LogP contribution >= 0.6 is 0 Å². The van der Waals surface area contributed by atoms with Crippen molar-refractivity contribution in [3.05, 3.63) is 17.5 Å². The number of unbranched alkanes of at least 4 members (excludes halogenated alkanes) is 1. The highest BCUT2D eigenvalue weighted by atomic mass is 15.3. The summed E-state index contributed by atoms with van der Waals surface area (Å²) >= 11 is 0. The molecule has 0 radical (unpaired) electrons. The number of aromatic nitrogens is 2. The van der Waals surface area contributed by atoms with Crippen molar-refractivity contribution in [2.45, 2.75) is 72.9 Å². The number of hydrogen-bond donors (Lipinski definition) is 1. The highest BCUT2D eigenvalue weighted by molar-refractivity contribution is 5.15. The lowest BCUT2D eigenvalue weighted by molar-refractivity contribution is 0.368. The zero-order chi connectivity index (χ0) is 14.1. The third kappa shape index (κ3) is 5.35. The molecule has 0 saturated heterocycles. The van der Waals surface area contributed by atoms with Crippen molar-refractivity contribution < 1.29 is 0 Å². The van der Waals surface area contributed by atoms with Crippen LogP contribution in [0.4, 0.5) is 0 Å². The summed E-state index contributed by atoms with van der Waals surface area (Å²) in [7, 11) is 0. The van der Waals surface area contributed by atoms with Crippen LogP contribution in [0.2, 0.25) is 0 Å². The van der Waals surface area contributed by atoms with E-state index in [1.54, 1.807) is 0 Å². The van der Waals surface area contributed by atoms with Gasteiger partial charge in [0, 0.05) is 24.3 Å². The van der Waals surface area contributed by atoms with Crippen LogP contribution in [0, 0.1) is 12.8 Å². The molecule has 1 rings (SSSR count). The summed E-state index contributed by atoms with van der Waals surface area (Å²) < 4.78 is 2.20. The van der Waals surface area contributed by atoms with Gasteiger partial charge in [0.25, 0.3) is 0 Å². The Morgan fingerprint density at radius 1 is 1.26 bits per heavy atom. The van der Waals surface area contributed by atoms with Crippen LogP contribution < -0.4 is 5.32 Å². The van der Waals surface area contributed by atoms with Gasteiger partial charge < -0.3 is 5.32 Å². The molecule has 0 spiro atoms. The molecule has 1 aromatic rings. The van der Waals surface area contributed by atoms with Crippen LogP contribution in [0.3, 0.4) is 0 Å². The Hall–Kier alpha value is -0.830. The average molecular weight is 265 g/mol. The van der Waals surface area contributed by atoms with Crippen LogP contribution in [0.15, 0.2) is 6.20 Å². The molecular weight excluding hydrogens is 234 g/mol. The Balaban J connectivity index is 2.53. The molecule has 3 nitrogen and oxygen atoms in total. The van der Waals surface area contributed by atoms with E-state index in [0.717, 1.165) is 25.6 Å². The van der Waals surface area contributed by atoms with Crippen LogP contribution in [0.1, 0.15) is 64.1 Å². The summed E-state index contributed by atoms with van der Waals surface area (Å²) in [6.45, 7) is 12.1. The minimum absolute atomic E-state index is 0.773. The van der Waals surface area contributed by atoms with Crippen LogP contribution in [0.25, 0.3) is 0 Å². The SMILES string of the molecule is CCCCC(CC)Cn1ncc(CNCCC)c1C. The van der Waals surface area contributed by atoms with Crippen molar-refractivity contribution in [3.63, 3.8) is 0 Å². The smallest absolute Gasteiger partial charge is 0.0537 e. The first-order chi connectivity index (χ1) is 9.22. The monoisotopic (exact) mass is 265 g/mol. The standard InChI is InChI=1S/C16H31N3/c1-5-8-9-15(7-3)13-19-14(4)16(12-18-19)11-17-10-6-2/h12,15,17H,5-11,13H2,1-4H3. The Kier molecular flexibility index (Phi) is 7.80. The molecule has 0 aromatic carbocycles. The van der Waals surface area contributed by atoms with E-state index >= 15 is 0 Å². The molecule has 0 bridgehead atoms. The highest BCUT2D eigenvalue weighted by Crippen LogP contribution is 2.17. The number of hydrogen-bond acceptors (Lipinski definition) is 2. The van der Waals surface area contributed by atoms with Gasteiger partial charge in [-0.3, -0.25) is 4.68 Å². The Labute approximate surface area is 118 Å². The molecule has 0 aliphatic heterocycles. The van der Waals surface area contributed by atoms with Gasteiger partial charge in [0.15, 0.2) is 0 Å². The minimum Gasteiger partial charge on any atom is -0.313 e. The van der Waals surface area contributed by atoms with Crippen LogP contribution in [0.5, 0.6) is 0 Å². The summed E-state index contributed by atoms with van der Waals surface area (Å²) in [6.07, 6.45) is 8.43.